The average Bonchev–Trinajstić information content (AvgIpc) is 2.61. The Morgan fingerprint density at radius 2 is 1.72 bits per heavy atom. The van der Waals surface area contributed by atoms with Crippen LogP contribution >= 0.6 is 0 Å². The molecule has 0 aromatic heterocycles. The molecule has 2 aromatic carbocycles. The van der Waals surface area contributed by atoms with E-state index in [2.05, 4.69) is 4.74 Å². The topological polar surface area (TPSA) is 66.8 Å². The highest BCUT2D eigenvalue weighted by Crippen LogP contribution is 2.33. The number of phenols is 2. The summed E-state index contributed by atoms with van der Waals surface area (Å²) >= 11 is 0. The maximum Gasteiger partial charge on any atom is 0.337 e. The molecule has 0 aliphatic heterocycles. The van der Waals surface area contributed by atoms with E-state index in [1.807, 2.05) is 44.2 Å². The van der Waals surface area contributed by atoms with Gasteiger partial charge in [0.2, 0.25) is 0 Å². The van der Waals surface area contributed by atoms with Crippen molar-refractivity contribution in [3.63, 3.8) is 0 Å². The molecule has 2 N–H and O–H groups in total. The summed E-state index contributed by atoms with van der Waals surface area (Å²) in [5.74, 6) is -0.597. The number of phenolic OH excluding ortho intramolecular Hbond substituents is 2. The molecule has 0 spiro atoms. The molecular weight excluding hydrogens is 316 g/mol. The van der Waals surface area contributed by atoms with Crippen molar-refractivity contribution in [3.8, 4) is 11.5 Å². The van der Waals surface area contributed by atoms with Gasteiger partial charge in [-0.2, -0.15) is 0 Å². The predicted molar refractivity (Wildman–Crippen MR) is 99.6 cm³/mol. The minimum atomic E-state index is -0.372. The van der Waals surface area contributed by atoms with Gasteiger partial charge in [0.15, 0.2) is 11.5 Å². The van der Waals surface area contributed by atoms with Gasteiger partial charge >= 0.3 is 5.97 Å². The summed E-state index contributed by atoms with van der Waals surface area (Å²) in [5.41, 5.74) is 4.03. The summed E-state index contributed by atoms with van der Waals surface area (Å²) in [6.45, 7) is 3.97. The van der Waals surface area contributed by atoms with E-state index < -0.39 is 0 Å². The van der Waals surface area contributed by atoms with Crippen LogP contribution in [-0.4, -0.2) is 23.3 Å². The van der Waals surface area contributed by atoms with Gasteiger partial charge in [0, 0.05) is 5.56 Å². The standard InChI is InChI=1S/C21H22O4/c1-14(2)4-12-18-16(11-13-19(22)20(18)23)8-5-15-6-9-17(10-7-15)21(24)25-3/h4-11,13,22-23H,12H2,1-3H3. The average molecular weight is 338 g/mol. The highest BCUT2D eigenvalue weighted by Gasteiger charge is 2.09. The molecule has 4 nitrogen and oxygen atoms in total. The van der Waals surface area contributed by atoms with Gasteiger partial charge in [-0.05, 0) is 49.6 Å². The molecule has 0 heterocycles. The summed E-state index contributed by atoms with van der Waals surface area (Å²) < 4.78 is 4.68. The van der Waals surface area contributed by atoms with Gasteiger partial charge in [0.05, 0.1) is 12.7 Å². The Morgan fingerprint density at radius 3 is 2.32 bits per heavy atom. The van der Waals surface area contributed by atoms with Gasteiger partial charge in [0.1, 0.15) is 0 Å². The van der Waals surface area contributed by atoms with Crippen LogP contribution in [-0.2, 0) is 11.2 Å². The maximum absolute atomic E-state index is 11.4. The van der Waals surface area contributed by atoms with E-state index in [1.54, 1.807) is 18.2 Å². The first-order valence-corrected chi connectivity index (χ1v) is 7.96. The highest BCUT2D eigenvalue weighted by atomic mass is 16.5. The third-order valence-electron chi connectivity index (χ3n) is 3.80. The van der Waals surface area contributed by atoms with Gasteiger partial charge in [-0.15, -0.1) is 0 Å². The third-order valence-corrected chi connectivity index (χ3v) is 3.80. The predicted octanol–water partition coefficient (Wildman–Crippen LogP) is 4.56. The molecule has 130 valence electrons. The lowest BCUT2D eigenvalue weighted by molar-refractivity contribution is 0.0600. The van der Waals surface area contributed by atoms with Crippen molar-refractivity contribution in [2.24, 2.45) is 0 Å². The Kier molecular flexibility index (Phi) is 6.01. The Hall–Kier alpha value is -3.01. The van der Waals surface area contributed by atoms with Crippen molar-refractivity contribution in [1.82, 2.24) is 0 Å². The number of ether oxygens (including phenoxy) is 1. The van der Waals surface area contributed by atoms with Gasteiger partial charge in [0.25, 0.3) is 0 Å². The molecule has 0 bridgehead atoms. The molecule has 0 atom stereocenters. The number of methoxy groups -OCH3 is 1. The van der Waals surface area contributed by atoms with E-state index in [9.17, 15) is 15.0 Å². The number of hydrogen-bond acceptors (Lipinski definition) is 4. The van der Waals surface area contributed by atoms with E-state index in [0.29, 0.717) is 17.5 Å². The van der Waals surface area contributed by atoms with E-state index in [0.717, 1.165) is 16.7 Å². The smallest absolute Gasteiger partial charge is 0.337 e. The molecule has 0 aliphatic carbocycles. The molecule has 0 amide bonds. The van der Waals surface area contributed by atoms with Crippen LogP contribution in [0.5, 0.6) is 11.5 Å². The molecule has 0 saturated carbocycles. The first-order valence-electron chi connectivity index (χ1n) is 7.96. The Labute approximate surface area is 147 Å². The second-order valence-electron chi connectivity index (χ2n) is 5.93. The lowest BCUT2D eigenvalue weighted by Crippen LogP contribution is -2.00. The number of esters is 1. The van der Waals surface area contributed by atoms with Gasteiger partial charge in [-0.1, -0.05) is 42.0 Å². The van der Waals surface area contributed by atoms with Crippen LogP contribution in [0, 0.1) is 0 Å². The molecule has 0 aliphatic rings. The lowest BCUT2D eigenvalue weighted by atomic mass is 10.00. The van der Waals surface area contributed by atoms with E-state index in [1.165, 1.54) is 13.2 Å². The molecule has 0 saturated heterocycles. The van der Waals surface area contributed by atoms with Gasteiger partial charge in [-0.3, -0.25) is 0 Å². The van der Waals surface area contributed by atoms with Crippen molar-refractivity contribution in [1.29, 1.82) is 0 Å². The number of benzene rings is 2. The highest BCUT2D eigenvalue weighted by molar-refractivity contribution is 5.89. The van der Waals surface area contributed by atoms with Gasteiger partial charge < -0.3 is 14.9 Å². The van der Waals surface area contributed by atoms with Crippen molar-refractivity contribution < 1.29 is 19.7 Å². The first-order chi connectivity index (χ1) is 11.9. The fourth-order valence-electron chi connectivity index (χ4n) is 2.35. The molecule has 0 unspecified atom stereocenters. The molecular formula is C21H22O4. The van der Waals surface area contributed by atoms with Crippen molar-refractivity contribution in [3.05, 3.63) is 70.3 Å². The molecule has 2 rings (SSSR count). The summed E-state index contributed by atoms with van der Waals surface area (Å²) in [6.07, 6.45) is 6.29. The van der Waals surface area contributed by atoms with E-state index in [4.69, 9.17) is 0 Å². The third kappa shape index (κ3) is 4.73. The lowest BCUT2D eigenvalue weighted by Gasteiger charge is -2.09. The Bertz CT molecular complexity index is 811. The fourth-order valence-corrected chi connectivity index (χ4v) is 2.35. The van der Waals surface area contributed by atoms with Crippen LogP contribution in [0.25, 0.3) is 12.2 Å². The van der Waals surface area contributed by atoms with Crippen molar-refractivity contribution in [2.75, 3.05) is 7.11 Å². The van der Waals surface area contributed by atoms with Gasteiger partial charge in [-0.25, -0.2) is 4.79 Å². The quantitative estimate of drug-likeness (QED) is 0.363. The summed E-state index contributed by atoms with van der Waals surface area (Å²) in [7, 11) is 1.35. The summed E-state index contributed by atoms with van der Waals surface area (Å²) in [5, 5.41) is 19.9. The van der Waals surface area contributed by atoms with Crippen LogP contribution < -0.4 is 0 Å². The number of hydrogen-bond donors (Lipinski definition) is 2. The normalized spacial score (nSPS) is 10.7. The second-order valence-corrected chi connectivity index (χ2v) is 5.93. The number of rotatable bonds is 5. The van der Waals surface area contributed by atoms with Crippen LogP contribution in [0.2, 0.25) is 0 Å². The largest absolute Gasteiger partial charge is 0.504 e. The zero-order valence-corrected chi connectivity index (χ0v) is 14.6. The van der Waals surface area contributed by atoms with Crippen LogP contribution in [0.1, 0.15) is 40.9 Å². The minimum absolute atomic E-state index is 0.0966. The molecule has 25 heavy (non-hydrogen) atoms. The molecule has 0 fully saturated rings. The number of carbonyl (C=O) groups excluding carboxylic acids is 1. The van der Waals surface area contributed by atoms with Crippen LogP contribution in [0.4, 0.5) is 0 Å². The maximum atomic E-state index is 11.4. The summed E-state index contributed by atoms with van der Waals surface area (Å²) in [4.78, 5) is 11.4. The van der Waals surface area contributed by atoms with Crippen molar-refractivity contribution in [2.45, 2.75) is 20.3 Å². The number of aromatic hydroxyl groups is 2. The SMILES string of the molecule is COC(=O)c1ccc(C=Cc2ccc(O)c(O)c2CC=C(C)C)cc1. The molecule has 4 heteroatoms. The number of carbonyl (C=O) groups is 1. The monoisotopic (exact) mass is 338 g/mol. The van der Waals surface area contributed by atoms with Crippen LogP contribution in [0.3, 0.4) is 0 Å². The zero-order valence-electron chi connectivity index (χ0n) is 14.6. The Balaban J connectivity index is 2.30. The van der Waals surface area contributed by atoms with Crippen molar-refractivity contribution >= 4 is 18.1 Å². The Morgan fingerprint density at radius 1 is 1.04 bits per heavy atom. The molecule has 0 radical (unpaired) electrons. The minimum Gasteiger partial charge on any atom is -0.504 e. The summed E-state index contributed by atoms with van der Waals surface area (Å²) in [6, 6.07) is 10.3. The zero-order chi connectivity index (χ0) is 18.4. The van der Waals surface area contributed by atoms with Crippen LogP contribution in [0.15, 0.2) is 48.0 Å². The van der Waals surface area contributed by atoms with E-state index in [-0.39, 0.29) is 17.5 Å². The number of allylic oxidation sites excluding steroid dienone is 2. The molecule has 2 aromatic rings. The second kappa shape index (κ2) is 8.20. The van der Waals surface area contributed by atoms with E-state index >= 15 is 0 Å². The fraction of sp³-hybridized carbons (Fsp3) is 0.190. The first kappa shape index (κ1) is 18.3.